The van der Waals surface area contributed by atoms with Crippen LogP contribution in [0.4, 0.5) is 17.1 Å². The molecule has 0 amide bonds. The van der Waals surface area contributed by atoms with Gasteiger partial charge in [-0.05, 0) is 12.3 Å². The molecule has 1 aliphatic heterocycles. The molecule has 0 saturated heterocycles. The van der Waals surface area contributed by atoms with E-state index < -0.39 is 4.92 Å². The minimum absolute atomic E-state index is 0.0616. The summed E-state index contributed by atoms with van der Waals surface area (Å²) in [6.07, 6.45) is 6.03. The van der Waals surface area contributed by atoms with Crippen molar-refractivity contribution in [2.75, 3.05) is 44.0 Å². The molecule has 114 valence electrons. The van der Waals surface area contributed by atoms with Crippen LogP contribution in [-0.2, 0) is 0 Å². The van der Waals surface area contributed by atoms with Gasteiger partial charge in [-0.3, -0.25) is 10.1 Å². The van der Waals surface area contributed by atoms with Crippen molar-refractivity contribution in [1.82, 2.24) is 10.0 Å². The Morgan fingerprint density at radius 3 is 2.86 bits per heavy atom. The highest BCUT2D eigenvalue weighted by Gasteiger charge is 2.16. The van der Waals surface area contributed by atoms with E-state index in [1.54, 1.807) is 6.07 Å². The Bertz CT molecular complexity index is 564. The van der Waals surface area contributed by atoms with Crippen molar-refractivity contribution in [3.8, 4) is 0 Å². The number of anilines is 2. The largest absolute Gasteiger partial charge is 0.393 e. The van der Waals surface area contributed by atoms with E-state index in [-0.39, 0.29) is 11.4 Å². The third-order valence-corrected chi connectivity index (χ3v) is 4.07. The van der Waals surface area contributed by atoms with E-state index in [9.17, 15) is 10.1 Å². The van der Waals surface area contributed by atoms with Gasteiger partial charge in [-0.15, -0.1) is 11.8 Å². The Kier molecular flexibility index (Phi) is 4.92. The Hall–Kier alpha value is -1.93. The van der Waals surface area contributed by atoms with Gasteiger partial charge >= 0.3 is 0 Å². The van der Waals surface area contributed by atoms with Crippen LogP contribution in [-0.4, -0.2) is 47.9 Å². The first kappa shape index (κ1) is 15.5. The van der Waals surface area contributed by atoms with Crippen LogP contribution < -0.4 is 11.1 Å². The minimum Gasteiger partial charge on any atom is -0.393 e. The van der Waals surface area contributed by atoms with E-state index >= 15 is 0 Å². The lowest BCUT2D eigenvalue weighted by Crippen LogP contribution is -2.34. The maximum Gasteiger partial charge on any atom is 0.294 e. The molecule has 1 aliphatic rings. The lowest BCUT2D eigenvalue weighted by molar-refractivity contribution is -0.383. The summed E-state index contributed by atoms with van der Waals surface area (Å²) in [5.41, 5.74) is 6.58. The molecule has 0 aromatic heterocycles. The van der Waals surface area contributed by atoms with Crippen LogP contribution in [0.25, 0.3) is 0 Å². The number of thioether (sulfide) groups is 1. The highest BCUT2D eigenvalue weighted by Crippen LogP contribution is 2.34. The third kappa shape index (κ3) is 3.59. The highest BCUT2D eigenvalue weighted by atomic mass is 32.2. The number of rotatable bonds is 6. The van der Waals surface area contributed by atoms with Gasteiger partial charge in [-0.25, -0.2) is 5.01 Å². The number of nitro benzene ring substituents is 1. The van der Waals surface area contributed by atoms with E-state index in [1.807, 2.05) is 19.5 Å². The van der Waals surface area contributed by atoms with E-state index in [0.29, 0.717) is 6.54 Å². The summed E-state index contributed by atoms with van der Waals surface area (Å²) in [5.74, 6) is 0. The Labute approximate surface area is 127 Å². The molecule has 0 radical (unpaired) electrons. The van der Waals surface area contributed by atoms with E-state index in [2.05, 4.69) is 21.4 Å². The summed E-state index contributed by atoms with van der Waals surface area (Å²) in [7, 11) is 2.02. The van der Waals surface area contributed by atoms with Crippen LogP contribution >= 0.6 is 11.8 Å². The average Bonchev–Trinajstić information content (AvgIpc) is 2.85. The van der Waals surface area contributed by atoms with Crippen LogP contribution in [0.5, 0.6) is 0 Å². The molecular formula is C13H19N5O2S. The molecule has 1 aromatic carbocycles. The SMILES string of the molecule is CSc1cc(N)c([N+](=O)[O-])cc1NCCN1C=CCN1C. The van der Waals surface area contributed by atoms with Gasteiger partial charge in [0.15, 0.2) is 0 Å². The predicted molar refractivity (Wildman–Crippen MR) is 86.3 cm³/mol. The number of hydrogen-bond donors (Lipinski definition) is 2. The number of nitrogen functional groups attached to an aromatic ring is 1. The molecule has 0 saturated carbocycles. The first-order valence-electron chi connectivity index (χ1n) is 6.53. The summed E-state index contributed by atoms with van der Waals surface area (Å²) >= 11 is 1.51. The molecule has 1 aromatic rings. The zero-order chi connectivity index (χ0) is 15.4. The fourth-order valence-electron chi connectivity index (χ4n) is 2.14. The second kappa shape index (κ2) is 6.68. The molecule has 1 heterocycles. The minimum atomic E-state index is -0.457. The van der Waals surface area contributed by atoms with E-state index in [4.69, 9.17) is 5.73 Å². The molecular weight excluding hydrogens is 290 g/mol. The molecule has 0 aliphatic carbocycles. The molecule has 0 fully saturated rings. The van der Waals surface area contributed by atoms with Crippen molar-refractivity contribution in [2.45, 2.75) is 4.90 Å². The van der Waals surface area contributed by atoms with Gasteiger partial charge in [-0.1, -0.05) is 6.08 Å². The van der Waals surface area contributed by atoms with Gasteiger partial charge in [0.2, 0.25) is 0 Å². The summed E-state index contributed by atoms with van der Waals surface area (Å²) in [6.45, 7) is 2.38. The monoisotopic (exact) mass is 309 g/mol. The van der Waals surface area contributed by atoms with Gasteiger partial charge in [0, 0.05) is 37.3 Å². The van der Waals surface area contributed by atoms with Crippen LogP contribution in [0, 0.1) is 10.1 Å². The maximum absolute atomic E-state index is 11.0. The van der Waals surface area contributed by atoms with E-state index in [1.165, 1.54) is 17.8 Å². The van der Waals surface area contributed by atoms with Crippen molar-refractivity contribution < 1.29 is 4.92 Å². The number of hydrazine groups is 1. The quantitative estimate of drug-likeness (QED) is 0.359. The number of nitrogens with zero attached hydrogens (tertiary/aromatic N) is 3. The zero-order valence-electron chi connectivity index (χ0n) is 12.1. The predicted octanol–water partition coefficient (Wildman–Crippen LogP) is 1.99. The molecule has 7 nitrogen and oxygen atoms in total. The number of nitrogens with two attached hydrogens (primary N) is 1. The first-order chi connectivity index (χ1) is 10.0. The molecule has 8 heteroatoms. The van der Waals surface area contributed by atoms with Crippen molar-refractivity contribution >= 4 is 28.8 Å². The fourth-order valence-corrected chi connectivity index (χ4v) is 2.74. The van der Waals surface area contributed by atoms with Gasteiger partial charge in [0.1, 0.15) is 5.69 Å². The lowest BCUT2D eigenvalue weighted by atomic mass is 10.2. The fraction of sp³-hybridized carbons (Fsp3) is 0.385. The van der Waals surface area contributed by atoms with Crippen LogP contribution in [0.3, 0.4) is 0 Å². The van der Waals surface area contributed by atoms with Gasteiger partial charge in [0.05, 0.1) is 17.2 Å². The Morgan fingerprint density at radius 1 is 1.52 bits per heavy atom. The topological polar surface area (TPSA) is 87.7 Å². The molecule has 3 N–H and O–H groups in total. The summed E-state index contributed by atoms with van der Waals surface area (Å²) < 4.78 is 0. The van der Waals surface area contributed by atoms with Crippen molar-refractivity contribution in [3.63, 3.8) is 0 Å². The summed E-state index contributed by atoms with van der Waals surface area (Å²) in [6, 6.07) is 3.15. The second-order valence-corrected chi connectivity index (χ2v) is 5.53. The van der Waals surface area contributed by atoms with Crippen LogP contribution in [0.15, 0.2) is 29.3 Å². The standard InChI is InChI=1S/C13H19N5O2S/c1-16-5-3-6-17(16)7-4-15-11-9-12(18(19)20)10(14)8-13(11)21-2/h3,6,8-9,15H,4-5,7,14H2,1-2H3. The smallest absolute Gasteiger partial charge is 0.294 e. The normalized spacial score (nSPS) is 14.7. The highest BCUT2D eigenvalue weighted by molar-refractivity contribution is 7.98. The number of likely N-dealkylation sites (N-methyl/N-ethyl adjacent to an activating group) is 1. The molecule has 0 atom stereocenters. The molecule has 2 rings (SSSR count). The van der Waals surface area contributed by atoms with Gasteiger partial charge in [0.25, 0.3) is 5.69 Å². The average molecular weight is 309 g/mol. The molecule has 0 spiro atoms. The third-order valence-electron chi connectivity index (χ3n) is 3.29. The van der Waals surface area contributed by atoms with Gasteiger partial charge < -0.3 is 16.1 Å². The molecule has 21 heavy (non-hydrogen) atoms. The number of hydrogen-bond acceptors (Lipinski definition) is 7. The zero-order valence-corrected chi connectivity index (χ0v) is 12.9. The second-order valence-electron chi connectivity index (χ2n) is 4.68. The van der Waals surface area contributed by atoms with E-state index in [0.717, 1.165) is 23.7 Å². The van der Waals surface area contributed by atoms with Crippen molar-refractivity contribution in [1.29, 1.82) is 0 Å². The molecule has 0 bridgehead atoms. The Balaban J connectivity index is 2.06. The summed E-state index contributed by atoms with van der Waals surface area (Å²) in [5, 5.41) is 18.4. The number of benzene rings is 1. The number of nitrogens with one attached hydrogen (secondary N) is 1. The summed E-state index contributed by atoms with van der Waals surface area (Å²) in [4.78, 5) is 11.4. The van der Waals surface area contributed by atoms with Crippen molar-refractivity contribution in [3.05, 3.63) is 34.5 Å². The lowest BCUT2D eigenvalue weighted by Gasteiger charge is -2.25. The molecule has 0 unspecified atom stereocenters. The van der Waals surface area contributed by atoms with Crippen LogP contribution in [0.1, 0.15) is 0 Å². The number of nitro groups is 1. The first-order valence-corrected chi connectivity index (χ1v) is 7.75. The maximum atomic E-state index is 11.0. The van der Waals surface area contributed by atoms with Crippen LogP contribution in [0.2, 0.25) is 0 Å². The van der Waals surface area contributed by atoms with Crippen molar-refractivity contribution in [2.24, 2.45) is 0 Å². The Morgan fingerprint density at radius 2 is 2.29 bits per heavy atom. The van der Waals surface area contributed by atoms with Gasteiger partial charge in [-0.2, -0.15) is 0 Å².